The van der Waals surface area contributed by atoms with Crippen LogP contribution in [-0.4, -0.2) is 23.4 Å². The van der Waals surface area contributed by atoms with E-state index in [0.717, 1.165) is 5.56 Å². The first-order valence-corrected chi connectivity index (χ1v) is 12.2. The molecular weight excluding hydrogens is 430 g/mol. The number of nitrogens with one attached hydrogen (secondary N) is 1. The Morgan fingerprint density at radius 3 is 1.97 bits per heavy atom. The lowest BCUT2D eigenvalue weighted by Crippen LogP contribution is -2.32. The predicted octanol–water partition coefficient (Wildman–Crippen LogP) is 4.14. The van der Waals surface area contributed by atoms with Crippen LogP contribution in [0.5, 0.6) is 0 Å². The Balaban J connectivity index is 1.96. The summed E-state index contributed by atoms with van der Waals surface area (Å²) in [6.07, 6.45) is 0. The van der Waals surface area contributed by atoms with Crippen molar-refractivity contribution in [2.75, 3.05) is 6.54 Å². The third kappa shape index (κ3) is 5.05. The standard InChI is InChI=1S/C21H20ClNO4S2/c1-16-7-13-20(14-8-16)29(26,27)23-15-21(17-9-11-18(22)12-10-17)28(24,25)19-5-3-2-4-6-19/h2-14,21,23H,15H2,1H3. The van der Waals surface area contributed by atoms with Gasteiger partial charge in [-0.3, -0.25) is 0 Å². The van der Waals surface area contributed by atoms with Crippen molar-refractivity contribution in [2.24, 2.45) is 0 Å². The normalized spacial score (nSPS) is 13.2. The summed E-state index contributed by atoms with van der Waals surface area (Å²) in [7, 11) is -7.72. The van der Waals surface area contributed by atoms with Crippen molar-refractivity contribution in [2.45, 2.75) is 22.0 Å². The molecule has 1 unspecified atom stereocenters. The van der Waals surface area contributed by atoms with Crippen LogP contribution in [0.3, 0.4) is 0 Å². The molecule has 0 saturated heterocycles. The average Bonchev–Trinajstić information content (AvgIpc) is 2.70. The molecule has 0 radical (unpaired) electrons. The van der Waals surface area contributed by atoms with Crippen LogP contribution < -0.4 is 4.72 Å². The van der Waals surface area contributed by atoms with Crippen LogP contribution in [0.2, 0.25) is 5.02 Å². The van der Waals surface area contributed by atoms with E-state index in [0.29, 0.717) is 10.6 Å². The Kier molecular flexibility index (Phi) is 6.43. The molecule has 3 rings (SSSR count). The highest BCUT2D eigenvalue weighted by atomic mass is 35.5. The van der Waals surface area contributed by atoms with Crippen LogP contribution in [0.1, 0.15) is 16.4 Å². The lowest BCUT2D eigenvalue weighted by atomic mass is 10.1. The van der Waals surface area contributed by atoms with Gasteiger partial charge in [0.05, 0.1) is 9.79 Å². The van der Waals surface area contributed by atoms with Crippen molar-refractivity contribution >= 4 is 31.5 Å². The van der Waals surface area contributed by atoms with Gasteiger partial charge >= 0.3 is 0 Å². The Labute approximate surface area is 176 Å². The van der Waals surface area contributed by atoms with E-state index in [1.54, 1.807) is 54.6 Å². The molecule has 0 amide bonds. The number of halogens is 1. The summed E-state index contributed by atoms with van der Waals surface area (Å²) in [6, 6.07) is 20.7. The van der Waals surface area contributed by atoms with E-state index in [-0.39, 0.29) is 16.3 Å². The molecular formula is C21H20ClNO4S2. The molecule has 8 heteroatoms. The van der Waals surface area contributed by atoms with E-state index in [9.17, 15) is 16.8 Å². The molecule has 29 heavy (non-hydrogen) atoms. The second-order valence-corrected chi connectivity index (χ2v) is 10.9. The van der Waals surface area contributed by atoms with Gasteiger partial charge in [0.15, 0.2) is 9.84 Å². The van der Waals surface area contributed by atoms with E-state index in [4.69, 9.17) is 11.6 Å². The monoisotopic (exact) mass is 449 g/mol. The van der Waals surface area contributed by atoms with Gasteiger partial charge in [0.1, 0.15) is 5.25 Å². The molecule has 0 bridgehead atoms. The quantitative estimate of drug-likeness (QED) is 0.587. The number of sulfone groups is 1. The molecule has 0 spiro atoms. The smallest absolute Gasteiger partial charge is 0.223 e. The maximum absolute atomic E-state index is 13.2. The van der Waals surface area contributed by atoms with Crippen LogP contribution in [0.4, 0.5) is 0 Å². The Bertz CT molecular complexity index is 1180. The van der Waals surface area contributed by atoms with Gasteiger partial charge in [-0.25, -0.2) is 21.6 Å². The van der Waals surface area contributed by atoms with E-state index in [2.05, 4.69) is 4.72 Å². The summed E-state index contributed by atoms with van der Waals surface area (Å²) >= 11 is 5.93. The van der Waals surface area contributed by atoms with Crippen LogP contribution in [0.15, 0.2) is 88.7 Å². The summed E-state index contributed by atoms with van der Waals surface area (Å²) in [4.78, 5) is 0.199. The Morgan fingerprint density at radius 2 is 1.38 bits per heavy atom. The Hall–Kier alpha value is -2.19. The van der Waals surface area contributed by atoms with Gasteiger partial charge in [0, 0.05) is 11.6 Å². The second kappa shape index (κ2) is 8.67. The maximum Gasteiger partial charge on any atom is 0.240 e. The summed E-state index contributed by atoms with van der Waals surface area (Å²) < 4.78 is 54.3. The molecule has 1 atom stereocenters. The molecule has 0 aromatic heterocycles. The first-order valence-electron chi connectivity index (χ1n) is 8.81. The zero-order valence-corrected chi connectivity index (χ0v) is 18.0. The molecule has 152 valence electrons. The van der Waals surface area contributed by atoms with Gasteiger partial charge in [0.2, 0.25) is 10.0 Å². The lowest BCUT2D eigenvalue weighted by molar-refractivity contribution is 0.568. The molecule has 0 aliphatic heterocycles. The minimum Gasteiger partial charge on any atom is -0.223 e. The largest absolute Gasteiger partial charge is 0.240 e. The summed E-state index contributed by atoms with van der Waals surface area (Å²) in [5.41, 5.74) is 1.37. The van der Waals surface area contributed by atoms with E-state index >= 15 is 0 Å². The van der Waals surface area contributed by atoms with Crippen molar-refractivity contribution in [1.29, 1.82) is 0 Å². The highest BCUT2D eigenvalue weighted by Crippen LogP contribution is 2.29. The number of benzene rings is 3. The van der Waals surface area contributed by atoms with Gasteiger partial charge in [0.25, 0.3) is 0 Å². The molecule has 3 aromatic carbocycles. The highest BCUT2D eigenvalue weighted by Gasteiger charge is 2.30. The number of rotatable bonds is 7. The average molecular weight is 450 g/mol. The number of sulfonamides is 1. The van der Waals surface area contributed by atoms with Gasteiger partial charge in [-0.2, -0.15) is 0 Å². The predicted molar refractivity (Wildman–Crippen MR) is 114 cm³/mol. The fraction of sp³-hybridized carbons (Fsp3) is 0.143. The number of hydrogen-bond donors (Lipinski definition) is 1. The van der Waals surface area contributed by atoms with Crippen molar-refractivity contribution in [3.05, 3.63) is 95.0 Å². The summed E-state index contributed by atoms with van der Waals surface area (Å²) in [5.74, 6) is 0. The van der Waals surface area contributed by atoms with Crippen molar-refractivity contribution < 1.29 is 16.8 Å². The van der Waals surface area contributed by atoms with Crippen molar-refractivity contribution in [1.82, 2.24) is 4.72 Å². The van der Waals surface area contributed by atoms with E-state index in [1.165, 1.54) is 24.3 Å². The maximum atomic E-state index is 13.2. The SMILES string of the molecule is Cc1ccc(S(=O)(=O)NCC(c2ccc(Cl)cc2)S(=O)(=O)c2ccccc2)cc1. The van der Waals surface area contributed by atoms with Crippen molar-refractivity contribution in [3.8, 4) is 0 Å². The highest BCUT2D eigenvalue weighted by molar-refractivity contribution is 7.92. The number of aryl methyl sites for hydroxylation is 1. The van der Waals surface area contributed by atoms with Gasteiger partial charge in [-0.1, -0.05) is 59.6 Å². The summed E-state index contributed by atoms with van der Waals surface area (Å²) in [6.45, 7) is 1.54. The first kappa shape index (κ1) is 21.5. The van der Waals surface area contributed by atoms with Crippen LogP contribution >= 0.6 is 11.6 Å². The second-order valence-electron chi connectivity index (χ2n) is 6.56. The number of hydrogen-bond acceptors (Lipinski definition) is 4. The van der Waals surface area contributed by atoms with Gasteiger partial charge in [-0.15, -0.1) is 0 Å². The van der Waals surface area contributed by atoms with Gasteiger partial charge in [-0.05, 0) is 48.9 Å². The zero-order valence-electron chi connectivity index (χ0n) is 15.6. The summed E-state index contributed by atoms with van der Waals surface area (Å²) in [5, 5.41) is -0.646. The molecule has 3 aromatic rings. The Morgan fingerprint density at radius 1 is 0.793 bits per heavy atom. The van der Waals surface area contributed by atoms with Crippen LogP contribution in [0, 0.1) is 6.92 Å². The third-order valence-corrected chi connectivity index (χ3v) is 8.29. The molecule has 0 aliphatic rings. The van der Waals surface area contributed by atoms with E-state index < -0.39 is 25.1 Å². The minimum absolute atomic E-state index is 0.0788. The van der Waals surface area contributed by atoms with Crippen LogP contribution in [0.25, 0.3) is 0 Å². The fourth-order valence-corrected chi connectivity index (χ4v) is 5.81. The van der Waals surface area contributed by atoms with Crippen molar-refractivity contribution in [3.63, 3.8) is 0 Å². The molecule has 0 fully saturated rings. The molecule has 1 N–H and O–H groups in total. The van der Waals surface area contributed by atoms with E-state index in [1.807, 2.05) is 6.92 Å². The third-order valence-electron chi connectivity index (χ3n) is 4.48. The van der Waals surface area contributed by atoms with Gasteiger partial charge < -0.3 is 0 Å². The first-order chi connectivity index (χ1) is 13.7. The van der Waals surface area contributed by atoms with Crippen LogP contribution in [-0.2, 0) is 19.9 Å². The molecule has 0 aliphatic carbocycles. The molecule has 0 heterocycles. The lowest BCUT2D eigenvalue weighted by Gasteiger charge is -2.19. The molecule has 5 nitrogen and oxygen atoms in total. The minimum atomic E-state index is -3.87. The molecule has 0 saturated carbocycles. The fourth-order valence-electron chi connectivity index (χ4n) is 2.84. The zero-order chi connectivity index (χ0) is 21.1. The topological polar surface area (TPSA) is 80.3 Å².